The quantitative estimate of drug-likeness (QED) is 0.646. The Kier molecular flexibility index (Phi) is 4.61. The molecule has 6 heteroatoms. The number of ketones is 1. The van der Waals surface area contributed by atoms with Gasteiger partial charge in [0.1, 0.15) is 18.2 Å². The molecule has 0 N–H and O–H groups in total. The van der Waals surface area contributed by atoms with E-state index in [1.54, 1.807) is 23.1 Å². The summed E-state index contributed by atoms with van der Waals surface area (Å²) >= 11 is 0. The summed E-state index contributed by atoms with van der Waals surface area (Å²) in [6, 6.07) is 3.67. The van der Waals surface area contributed by atoms with Crippen LogP contribution in [-0.4, -0.2) is 25.5 Å². The standard InChI is InChI=1S/C20H23FN4O/c1-12(26)18-17-7-14(16-9-22-13(2)23-10-16)6-15(8-21)19(17)25(24-18)11-20(3,4)5/h6-7,9-10H,8,11H2,1-5H3. The SMILES string of the molecule is CC(=O)c1nn(CC(C)(C)C)c2c(CF)cc(-c3cnc(C)nc3)cc12. The molecule has 0 amide bonds. The number of hydrogen-bond donors (Lipinski definition) is 0. The van der Waals surface area contributed by atoms with Gasteiger partial charge in [-0.2, -0.15) is 5.10 Å². The Balaban J connectivity index is 2.28. The van der Waals surface area contributed by atoms with Gasteiger partial charge in [-0.25, -0.2) is 14.4 Å². The molecule has 0 radical (unpaired) electrons. The molecule has 0 unspecified atom stereocenters. The van der Waals surface area contributed by atoms with Crippen LogP contribution in [0.25, 0.3) is 22.0 Å². The molecular formula is C20H23FN4O. The third kappa shape index (κ3) is 3.49. The topological polar surface area (TPSA) is 60.7 Å². The van der Waals surface area contributed by atoms with E-state index in [1.165, 1.54) is 6.92 Å². The minimum atomic E-state index is -0.635. The number of hydrogen-bond acceptors (Lipinski definition) is 4. The van der Waals surface area contributed by atoms with Crippen LogP contribution in [0.3, 0.4) is 0 Å². The van der Waals surface area contributed by atoms with E-state index in [0.29, 0.717) is 34.5 Å². The smallest absolute Gasteiger partial charge is 0.180 e. The average Bonchev–Trinajstić information content (AvgIpc) is 2.91. The zero-order chi connectivity index (χ0) is 19.1. The molecule has 0 aliphatic carbocycles. The minimum absolute atomic E-state index is 0.0515. The number of benzene rings is 1. The molecule has 0 saturated heterocycles. The highest BCUT2D eigenvalue weighted by molar-refractivity contribution is 6.06. The molecule has 2 aromatic heterocycles. The maximum Gasteiger partial charge on any atom is 0.180 e. The zero-order valence-electron chi connectivity index (χ0n) is 15.8. The number of carbonyl (C=O) groups excluding carboxylic acids is 1. The lowest BCUT2D eigenvalue weighted by Crippen LogP contribution is -2.17. The maximum atomic E-state index is 13.9. The van der Waals surface area contributed by atoms with E-state index in [1.807, 2.05) is 13.0 Å². The van der Waals surface area contributed by atoms with Gasteiger partial charge in [0, 0.05) is 42.4 Å². The van der Waals surface area contributed by atoms with Crippen LogP contribution in [0.15, 0.2) is 24.5 Å². The van der Waals surface area contributed by atoms with E-state index in [-0.39, 0.29) is 11.2 Å². The Morgan fingerprint density at radius 2 is 1.81 bits per heavy atom. The number of aromatic nitrogens is 4. The third-order valence-electron chi connectivity index (χ3n) is 4.14. The summed E-state index contributed by atoms with van der Waals surface area (Å²) in [6.07, 6.45) is 3.41. The van der Waals surface area contributed by atoms with Gasteiger partial charge in [0.15, 0.2) is 5.78 Å². The van der Waals surface area contributed by atoms with Crippen LogP contribution in [0.1, 0.15) is 49.6 Å². The Morgan fingerprint density at radius 3 is 2.35 bits per heavy atom. The van der Waals surface area contributed by atoms with Gasteiger partial charge in [0.05, 0.1) is 5.52 Å². The summed E-state index contributed by atoms with van der Waals surface area (Å²) in [5.74, 6) is 0.535. The highest BCUT2D eigenvalue weighted by atomic mass is 19.1. The van der Waals surface area contributed by atoms with Crippen molar-refractivity contribution < 1.29 is 9.18 Å². The molecule has 26 heavy (non-hydrogen) atoms. The molecule has 136 valence electrons. The first-order chi connectivity index (χ1) is 12.2. The zero-order valence-corrected chi connectivity index (χ0v) is 15.8. The van der Waals surface area contributed by atoms with Gasteiger partial charge in [-0.05, 0) is 30.0 Å². The van der Waals surface area contributed by atoms with E-state index in [2.05, 4.69) is 35.8 Å². The van der Waals surface area contributed by atoms with Crippen LogP contribution >= 0.6 is 0 Å². The van der Waals surface area contributed by atoms with Gasteiger partial charge < -0.3 is 0 Å². The first kappa shape index (κ1) is 18.2. The number of aryl methyl sites for hydroxylation is 1. The number of rotatable bonds is 4. The van der Waals surface area contributed by atoms with Crippen molar-refractivity contribution in [3.05, 3.63) is 41.6 Å². The van der Waals surface area contributed by atoms with E-state index in [0.717, 1.165) is 11.1 Å². The van der Waals surface area contributed by atoms with Crippen molar-refractivity contribution in [3.63, 3.8) is 0 Å². The Hall–Kier alpha value is -2.63. The van der Waals surface area contributed by atoms with Crippen molar-refractivity contribution >= 4 is 16.7 Å². The van der Waals surface area contributed by atoms with E-state index in [9.17, 15) is 9.18 Å². The van der Waals surface area contributed by atoms with Crippen molar-refractivity contribution in [1.82, 2.24) is 19.7 Å². The second-order valence-corrected chi connectivity index (χ2v) is 7.81. The average molecular weight is 354 g/mol. The molecule has 2 heterocycles. The molecule has 1 aromatic carbocycles. The van der Waals surface area contributed by atoms with E-state index in [4.69, 9.17) is 0 Å². The predicted molar refractivity (Wildman–Crippen MR) is 99.8 cm³/mol. The van der Waals surface area contributed by atoms with Crippen molar-refractivity contribution in [2.45, 2.75) is 47.8 Å². The monoisotopic (exact) mass is 354 g/mol. The Morgan fingerprint density at radius 1 is 1.15 bits per heavy atom. The number of carbonyl (C=O) groups is 1. The Bertz CT molecular complexity index is 968. The number of Topliss-reactive ketones (excluding diaryl/α,β-unsaturated/α-hetero) is 1. The second kappa shape index (κ2) is 6.59. The van der Waals surface area contributed by atoms with Gasteiger partial charge in [-0.1, -0.05) is 20.8 Å². The van der Waals surface area contributed by atoms with Crippen LogP contribution in [0.5, 0.6) is 0 Å². The van der Waals surface area contributed by atoms with Gasteiger partial charge in [-0.15, -0.1) is 0 Å². The lowest BCUT2D eigenvalue weighted by atomic mass is 9.96. The van der Waals surface area contributed by atoms with E-state index < -0.39 is 6.67 Å². The number of fused-ring (bicyclic) bond motifs is 1. The highest BCUT2D eigenvalue weighted by Crippen LogP contribution is 2.32. The minimum Gasteiger partial charge on any atom is -0.293 e. The van der Waals surface area contributed by atoms with Gasteiger partial charge in [0.25, 0.3) is 0 Å². The molecule has 0 bridgehead atoms. The summed E-state index contributed by atoms with van der Waals surface area (Å²) in [7, 11) is 0. The predicted octanol–water partition coefficient (Wildman–Crippen LogP) is 4.52. The lowest BCUT2D eigenvalue weighted by Gasteiger charge is -2.19. The molecule has 5 nitrogen and oxygen atoms in total. The lowest BCUT2D eigenvalue weighted by molar-refractivity contribution is 0.101. The fourth-order valence-corrected chi connectivity index (χ4v) is 3.04. The van der Waals surface area contributed by atoms with Crippen molar-refractivity contribution in [1.29, 1.82) is 0 Å². The van der Waals surface area contributed by atoms with Gasteiger partial charge in [-0.3, -0.25) is 9.48 Å². The molecule has 3 aromatic rings. The number of alkyl halides is 1. The summed E-state index contributed by atoms with van der Waals surface area (Å²) in [5.41, 5.74) is 3.08. The molecule has 0 aliphatic rings. The first-order valence-corrected chi connectivity index (χ1v) is 8.59. The molecule has 0 spiro atoms. The fraction of sp³-hybridized carbons (Fsp3) is 0.400. The summed E-state index contributed by atoms with van der Waals surface area (Å²) in [5, 5.41) is 5.17. The molecule has 0 aliphatic heterocycles. The van der Waals surface area contributed by atoms with Gasteiger partial charge >= 0.3 is 0 Å². The molecular weight excluding hydrogens is 331 g/mol. The molecule has 0 fully saturated rings. The normalized spacial score (nSPS) is 11.9. The third-order valence-corrected chi connectivity index (χ3v) is 4.14. The number of nitrogens with zero attached hydrogens (tertiary/aromatic N) is 4. The van der Waals surface area contributed by atoms with Crippen molar-refractivity contribution in [2.24, 2.45) is 5.41 Å². The first-order valence-electron chi connectivity index (χ1n) is 8.59. The van der Waals surface area contributed by atoms with Crippen molar-refractivity contribution in [2.75, 3.05) is 0 Å². The van der Waals surface area contributed by atoms with Crippen LogP contribution in [0.2, 0.25) is 0 Å². The molecule has 0 saturated carbocycles. The van der Waals surface area contributed by atoms with Crippen molar-refractivity contribution in [3.8, 4) is 11.1 Å². The molecule has 0 atom stereocenters. The maximum absolute atomic E-state index is 13.9. The van der Waals surface area contributed by atoms with Crippen LogP contribution in [0, 0.1) is 12.3 Å². The Labute approximate surface area is 152 Å². The fourth-order valence-electron chi connectivity index (χ4n) is 3.04. The summed E-state index contributed by atoms with van der Waals surface area (Å²) in [4.78, 5) is 20.6. The second-order valence-electron chi connectivity index (χ2n) is 7.81. The summed E-state index contributed by atoms with van der Waals surface area (Å²) < 4.78 is 15.6. The number of halogens is 1. The van der Waals surface area contributed by atoms with Crippen LogP contribution in [0.4, 0.5) is 4.39 Å². The van der Waals surface area contributed by atoms with Gasteiger partial charge in [0.2, 0.25) is 0 Å². The summed E-state index contributed by atoms with van der Waals surface area (Å²) in [6.45, 7) is 9.51. The van der Waals surface area contributed by atoms with Crippen LogP contribution in [-0.2, 0) is 13.2 Å². The van der Waals surface area contributed by atoms with Crippen LogP contribution < -0.4 is 0 Å². The van der Waals surface area contributed by atoms with E-state index >= 15 is 0 Å². The highest BCUT2D eigenvalue weighted by Gasteiger charge is 2.22. The largest absolute Gasteiger partial charge is 0.293 e. The molecule has 3 rings (SSSR count).